The molecule has 8 heteroatoms. The van der Waals surface area contributed by atoms with Gasteiger partial charge in [0.25, 0.3) is 0 Å². The second kappa shape index (κ2) is 8.50. The fourth-order valence-electron chi connectivity index (χ4n) is 3.03. The molecule has 28 heavy (non-hydrogen) atoms. The molecule has 1 aliphatic heterocycles. The van der Waals surface area contributed by atoms with E-state index in [0.29, 0.717) is 5.70 Å². The van der Waals surface area contributed by atoms with E-state index in [-0.39, 0.29) is 29.9 Å². The summed E-state index contributed by atoms with van der Waals surface area (Å²) in [6.07, 6.45) is -3.08. The van der Waals surface area contributed by atoms with E-state index in [1.807, 2.05) is 0 Å². The number of benzene rings is 1. The fraction of sp³-hybridized carbons (Fsp3) is 0.400. The first-order valence-corrected chi connectivity index (χ1v) is 8.78. The van der Waals surface area contributed by atoms with Crippen molar-refractivity contribution in [1.82, 2.24) is 4.90 Å². The van der Waals surface area contributed by atoms with Crippen LogP contribution in [0.4, 0.5) is 13.2 Å². The summed E-state index contributed by atoms with van der Waals surface area (Å²) in [5.74, 6) is -2.42. The van der Waals surface area contributed by atoms with Crippen LogP contribution in [0.3, 0.4) is 0 Å². The van der Waals surface area contributed by atoms with Crippen molar-refractivity contribution in [3.63, 3.8) is 0 Å². The van der Waals surface area contributed by atoms with Gasteiger partial charge in [-0.3, -0.25) is 0 Å². The lowest BCUT2D eigenvalue weighted by Crippen LogP contribution is -2.31. The largest absolute Gasteiger partial charge is 0.463 e. The Labute approximate surface area is 161 Å². The van der Waals surface area contributed by atoms with E-state index in [1.165, 1.54) is 18.3 Å². The third-order valence-corrected chi connectivity index (χ3v) is 4.41. The predicted octanol–water partition coefficient (Wildman–Crippen LogP) is 4.02. The van der Waals surface area contributed by atoms with Crippen LogP contribution in [0.1, 0.15) is 37.8 Å². The van der Waals surface area contributed by atoms with Crippen LogP contribution in [0.2, 0.25) is 0 Å². The van der Waals surface area contributed by atoms with Crippen molar-refractivity contribution in [3.8, 4) is 0 Å². The number of allylic oxidation sites excluding steroid dienone is 1. The SMILES string of the molecule is CCOC(=O)C1=CN(C)C(C)=C(C(=O)OCC)C1c1cccc(C(F)(F)F)c1. The molecule has 0 saturated heterocycles. The fourth-order valence-corrected chi connectivity index (χ4v) is 3.03. The number of nitrogens with zero attached hydrogens (tertiary/aromatic N) is 1. The molecule has 1 atom stereocenters. The van der Waals surface area contributed by atoms with E-state index < -0.39 is 29.6 Å². The Bertz CT molecular complexity index is 827. The molecule has 0 aromatic heterocycles. The molecule has 1 aromatic carbocycles. The molecule has 152 valence electrons. The lowest BCUT2D eigenvalue weighted by molar-refractivity contribution is -0.139. The molecule has 1 aromatic rings. The van der Waals surface area contributed by atoms with Crippen LogP contribution in [0.25, 0.3) is 0 Å². The Hall–Kier alpha value is -2.77. The quantitative estimate of drug-likeness (QED) is 0.703. The van der Waals surface area contributed by atoms with Crippen LogP contribution in [0.5, 0.6) is 0 Å². The third-order valence-electron chi connectivity index (χ3n) is 4.41. The number of alkyl halides is 3. The summed E-state index contributed by atoms with van der Waals surface area (Å²) in [7, 11) is 1.64. The van der Waals surface area contributed by atoms with Crippen molar-refractivity contribution in [3.05, 3.63) is 58.4 Å². The lowest BCUT2D eigenvalue weighted by Gasteiger charge is -2.32. The van der Waals surface area contributed by atoms with Gasteiger partial charge in [0, 0.05) is 18.9 Å². The first-order chi connectivity index (χ1) is 13.1. The molecule has 2 rings (SSSR count). The first-order valence-electron chi connectivity index (χ1n) is 8.78. The van der Waals surface area contributed by atoms with Gasteiger partial charge in [0.05, 0.1) is 35.8 Å². The average molecular weight is 397 g/mol. The molecule has 0 N–H and O–H groups in total. The Morgan fingerprint density at radius 2 is 1.71 bits per heavy atom. The second-order valence-corrected chi connectivity index (χ2v) is 6.19. The zero-order valence-corrected chi connectivity index (χ0v) is 16.1. The van der Waals surface area contributed by atoms with Crippen molar-refractivity contribution in [2.45, 2.75) is 32.9 Å². The van der Waals surface area contributed by atoms with Crippen molar-refractivity contribution < 1.29 is 32.2 Å². The molecule has 1 heterocycles. The summed E-state index contributed by atoms with van der Waals surface area (Å²) >= 11 is 0. The van der Waals surface area contributed by atoms with Gasteiger partial charge in [-0.05, 0) is 32.4 Å². The Balaban J connectivity index is 2.68. The minimum Gasteiger partial charge on any atom is -0.463 e. The van der Waals surface area contributed by atoms with E-state index in [2.05, 4.69) is 0 Å². The summed E-state index contributed by atoms with van der Waals surface area (Å²) < 4.78 is 49.8. The molecule has 0 fully saturated rings. The summed E-state index contributed by atoms with van der Waals surface area (Å²) in [5, 5.41) is 0. The van der Waals surface area contributed by atoms with Crippen LogP contribution >= 0.6 is 0 Å². The maximum Gasteiger partial charge on any atom is 0.416 e. The number of hydrogen-bond donors (Lipinski definition) is 0. The monoisotopic (exact) mass is 397 g/mol. The van der Waals surface area contributed by atoms with Crippen LogP contribution < -0.4 is 0 Å². The number of esters is 2. The molecule has 0 bridgehead atoms. The molecule has 1 aliphatic rings. The molecule has 0 saturated carbocycles. The summed E-state index contributed by atoms with van der Waals surface area (Å²) in [4.78, 5) is 26.7. The standard InChI is InChI=1S/C20H22F3NO4/c1-5-27-18(25)15-11-24(4)12(3)16(19(26)28-6-2)17(15)13-8-7-9-14(10-13)20(21,22)23/h7-11,17H,5-6H2,1-4H3. The number of rotatable bonds is 5. The van der Waals surface area contributed by atoms with Crippen LogP contribution in [0, 0.1) is 0 Å². The van der Waals surface area contributed by atoms with Crippen molar-refractivity contribution in [2.75, 3.05) is 20.3 Å². The van der Waals surface area contributed by atoms with Gasteiger partial charge < -0.3 is 14.4 Å². The van der Waals surface area contributed by atoms with E-state index in [4.69, 9.17) is 9.47 Å². The molecule has 5 nitrogen and oxygen atoms in total. The van der Waals surface area contributed by atoms with Gasteiger partial charge >= 0.3 is 18.1 Å². The summed E-state index contributed by atoms with van der Waals surface area (Å²) in [6.45, 7) is 5.07. The highest BCUT2D eigenvalue weighted by Crippen LogP contribution is 2.41. The highest BCUT2D eigenvalue weighted by Gasteiger charge is 2.38. The van der Waals surface area contributed by atoms with Gasteiger partial charge in [-0.25, -0.2) is 9.59 Å². The number of hydrogen-bond acceptors (Lipinski definition) is 5. The third kappa shape index (κ3) is 4.37. The van der Waals surface area contributed by atoms with Crippen molar-refractivity contribution in [1.29, 1.82) is 0 Å². The van der Waals surface area contributed by atoms with Gasteiger partial charge in [0.2, 0.25) is 0 Å². The molecular weight excluding hydrogens is 375 g/mol. The number of carbonyl (C=O) groups is 2. The predicted molar refractivity (Wildman–Crippen MR) is 96.0 cm³/mol. The minimum absolute atomic E-state index is 0.0670. The molecule has 0 spiro atoms. The highest BCUT2D eigenvalue weighted by molar-refractivity contribution is 5.99. The van der Waals surface area contributed by atoms with Gasteiger partial charge in [-0.1, -0.05) is 18.2 Å². The summed E-state index contributed by atoms with van der Waals surface area (Å²) in [5.41, 5.74) is -0.0573. The average Bonchev–Trinajstić information content (AvgIpc) is 2.63. The van der Waals surface area contributed by atoms with Crippen LogP contribution in [-0.4, -0.2) is 37.1 Å². The van der Waals surface area contributed by atoms with E-state index in [9.17, 15) is 22.8 Å². The zero-order chi connectivity index (χ0) is 21.1. The van der Waals surface area contributed by atoms with E-state index >= 15 is 0 Å². The number of carbonyl (C=O) groups excluding carboxylic acids is 2. The number of ether oxygens (including phenoxy) is 2. The molecule has 0 radical (unpaired) electrons. The lowest BCUT2D eigenvalue weighted by atomic mass is 9.81. The van der Waals surface area contributed by atoms with Crippen LogP contribution in [-0.2, 0) is 25.2 Å². The normalized spacial score (nSPS) is 17.3. The van der Waals surface area contributed by atoms with Gasteiger partial charge in [0.15, 0.2) is 0 Å². The van der Waals surface area contributed by atoms with Crippen molar-refractivity contribution >= 4 is 11.9 Å². The first kappa shape index (κ1) is 21.5. The zero-order valence-electron chi connectivity index (χ0n) is 16.1. The maximum atomic E-state index is 13.2. The molecule has 0 amide bonds. The molecular formula is C20H22F3NO4. The van der Waals surface area contributed by atoms with E-state index in [1.54, 1.807) is 32.7 Å². The van der Waals surface area contributed by atoms with Crippen molar-refractivity contribution in [2.24, 2.45) is 0 Å². The molecule has 1 unspecified atom stereocenters. The van der Waals surface area contributed by atoms with Gasteiger partial charge in [-0.2, -0.15) is 13.2 Å². The van der Waals surface area contributed by atoms with Gasteiger partial charge in [0.1, 0.15) is 0 Å². The smallest absolute Gasteiger partial charge is 0.416 e. The second-order valence-electron chi connectivity index (χ2n) is 6.19. The Morgan fingerprint density at radius 3 is 2.29 bits per heavy atom. The van der Waals surface area contributed by atoms with Gasteiger partial charge in [-0.15, -0.1) is 0 Å². The highest BCUT2D eigenvalue weighted by atomic mass is 19.4. The maximum absolute atomic E-state index is 13.2. The minimum atomic E-state index is -4.56. The Kier molecular flexibility index (Phi) is 6.53. The topological polar surface area (TPSA) is 55.8 Å². The Morgan fingerprint density at radius 1 is 1.11 bits per heavy atom. The van der Waals surface area contributed by atoms with Crippen LogP contribution in [0.15, 0.2) is 47.3 Å². The summed E-state index contributed by atoms with van der Waals surface area (Å²) in [6, 6.07) is 4.57. The number of halogens is 3. The molecule has 0 aliphatic carbocycles. The van der Waals surface area contributed by atoms with E-state index in [0.717, 1.165) is 12.1 Å².